The lowest BCUT2D eigenvalue weighted by molar-refractivity contribution is 0.0947. The number of benzene rings is 1. The molecule has 0 atom stereocenters. The number of hydrogen-bond donors (Lipinski definition) is 2. The average molecular weight is 288 g/mol. The smallest absolute Gasteiger partial charge is 0.254 e. The molecule has 0 aliphatic heterocycles. The summed E-state index contributed by atoms with van der Waals surface area (Å²) in [6.07, 6.45) is 0.752. The van der Waals surface area contributed by atoms with E-state index in [0.717, 1.165) is 24.6 Å². The molecule has 0 spiro atoms. The van der Waals surface area contributed by atoms with E-state index in [1.165, 1.54) is 0 Å². The zero-order valence-corrected chi connectivity index (χ0v) is 11.6. The van der Waals surface area contributed by atoms with E-state index < -0.39 is 21.7 Å². The summed E-state index contributed by atoms with van der Waals surface area (Å²) < 4.78 is 35.8. The Morgan fingerprint density at radius 2 is 2.05 bits per heavy atom. The molecule has 0 aliphatic rings. The molecule has 3 N–H and O–H groups in total. The lowest BCUT2D eigenvalue weighted by Crippen LogP contribution is -2.26. The van der Waals surface area contributed by atoms with E-state index in [0.29, 0.717) is 12.5 Å². The van der Waals surface area contributed by atoms with Gasteiger partial charge in [-0.25, -0.2) is 17.9 Å². The molecule has 19 heavy (non-hydrogen) atoms. The Bertz CT molecular complexity index is 570. The van der Waals surface area contributed by atoms with E-state index in [1.807, 2.05) is 13.8 Å². The molecule has 0 saturated heterocycles. The summed E-state index contributed by atoms with van der Waals surface area (Å²) in [7, 11) is -3.96. The van der Waals surface area contributed by atoms with Crippen LogP contribution in [-0.4, -0.2) is 20.9 Å². The summed E-state index contributed by atoms with van der Waals surface area (Å²) >= 11 is 0. The van der Waals surface area contributed by atoms with Crippen molar-refractivity contribution in [2.24, 2.45) is 11.1 Å². The van der Waals surface area contributed by atoms with Crippen molar-refractivity contribution in [1.82, 2.24) is 5.32 Å². The summed E-state index contributed by atoms with van der Waals surface area (Å²) in [6.45, 7) is 4.39. The number of amides is 1. The van der Waals surface area contributed by atoms with Crippen LogP contribution in [0.1, 0.15) is 30.6 Å². The highest BCUT2D eigenvalue weighted by Gasteiger charge is 2.16. The fraction of sp³-hybridized carbons (Fsp3) is 0.417. The summed E-state index contributed by atoms with van der Waals surface area (Å²) in [6, 6.07) is 2.88. The Hall–Kier alpha value is -1.47. The van der Waals surface area contributed by atoms with Gasteiger partial charge in [0.15, 0.2) is 0 Å². The molecule has 106 valence electrons. The first kappa shape index (κ1) is 15.6. The number of carbonyl (C=O) groups is 1. The number of nitrogens with one attached hydrogen (secondary N) is 1. The molecule has 5 nitrogen and oxygen atoms in total. The molecule has 1 amide bonds. The van der Waals surface area contributed by atoms with Crippen LogP contribution in [0.15, 0.2) is 23.1 Å². The highest BCUT2D eigenvalue weighted by molar-refractivity contribution is 7.89. The molecule has 0 unspecified atom stereocenters. The fourth-order valence-corrected chi connectivity index (χ4v) is 1.96. The van der Waals surface area contributed by atoms with Gasteiger partial charge in [0.25, 0.3) is 5.91 Å². The van der Waals surface area contributed by atoms with Crippen molar-refractivity contribution in [1.29, 1.82) is 0 Å². The summed E-state index contributed by atoms with van der Waals surface area (Å²) in [5, 5.41) is 7.47. The SMILES string of the molecule is CC(C)CCNC(=O)c1cc(S(N)(=O)=O)ccc1F. The third-order valence-electron chi connectivity index (χ3n) is 2.52. The molecular weight excluding hydrogens is 271 g/mol. The largest absolute Gasteiger partial charge is 0.352 e. The Balaban J connectivity index is 2.90. The van der Waals surface area contributed by atoms with Crippen molar-refractivity contribution in [3.8, 4) is 0 Å². The van der Waals surface area contributed by atoms with Gasteiger partial charge in [-0.3, -0.25) is 4.79 Å². The molecule has 0 aliphatic carbocycles. The molecule has 1 aromatic rings. The van der Waals surface area contributed by atoms with Gasteiger partial charge in [-0.05, 0) is 30.5 Å². The normalized spacial score (nSPS) is 11.6. The van der Waals surface area contributed by atoms with Crippen LogP contribution in [0.3, 0.4) is 0 Å². The minimum Gasteiger partial charge on any atom is -0.352 e. The van der Waals surface area contributed by atoms with Gasteiger partial charge in [0.1, 0.15) is 5.82 Å². The number of primary sulfonamides is 1. The molecule has 1 rings (SSSR count). The van der Waals surface area contributed by atoms with Gasteiger partial charge >= 0.3 is 0 Å². The predicted octanol–water partition coefficient (Wildman–Crippen LogP) is 1.25. The highest BCUT2D eigenvalue weighted by atomic mass is 32.2. The number of nitrogens with two attached hydrogens (primary N) is 1. The lowest BCUT2D eigenvalue weighted by atomic mass is 10.1. The quantitative estimate of drug-likeness (QED) is 0.854. The second-order valence-corrected chi connectivity index (χ2v) is 6.19. The highest BCUT2D eigenvalue weighted by Crippen LogP contribution is 2.14. The molecular formula is C12H17FN2O3S. The minimum atomic E-state index is -3.96. The molecule has 0 bridgehead atoms. The van der Waals surface area contributed by atoms with Crippen molar-refractivity contribution in [3.05, 3.63) is 29.6 Å². The van der Waals surface area contributed by atoms with E-state index in [1.54, 1.807) is 0 Å². The van der Waals surface area contributed by atoms with Gasteiger partial charge in [-0.2, -0.15) is 0 Å². The van der Waals surface area contributed by atoms with Gasteiger partial charge < -0.3 is 5.32 Å². The van der Waals surface area contributed by atoms with Crippen molar-refractivity contribution in [2.75, 3.05) is 6.54 Å². The van der Waals surface area contributed by atoms with Gasteiger partial charge in [0.2, 0.25) is 10.0 Å². The fourth-order valence-electron chi connectivity index (χ4n) is 1.42. The summed E-state index contributed by atoms with van der Waals surface area (Å²) in [4.78, 5) is 11.5. The van der Waals surface area contributed by atoms with Crippen LogP contribution in [0.2, 0.25) is 0 Å². The first-order valence-corrected chi connectivity index (χ1v) is 7.37. The molecule has 0 radical (unpaired) electrons. The van der Waals surface area contributed by atoms with Crippen molar-refractivity contribution in [2.45, 2.75) is 25.2 Å². The van der Waals surface area contributed by atoms with Crippen molar-refractivity contribution >= 4 is 15.9 Å². The second-order valence-electron chi connectivity index (χ2n) is 4.63. The number of carbonyl (C=O) groups excluding carboxylic acids is 1. The van der Waals surface area contributed by atoms with Crippen LogP contribution >= 0.6 is 0 Å². The van der Waals surface area contributed by atoms with E-state index in [-0.39, 0.29) is 10.5 Å². The van der Waals surface area contributed by atoms with Crippen LogP contribution in [0.5, 0.6) is 0 Å². The number of rotatable bonds is 5. The third kappa shape index (κ3) is 4.60. The molecule has 0 heterocycles. The Morgan fingerprint density at radius 1 is 1.42 bits per heavy atom. The van der Waals surface area contributed by atoms with Gasteiger partial charge in [-0.1, -0.05) is 13.8 Å². The zero-order chi connectivity index (χ0) is 14.6. The van der Waals surface area contributed by atoms with E-state index >= 15 is 0 Å². The molecule has 1 aromatic carbocycles. The minimum absolute atomic E-state index is 0.289. The van der Waals surface area contributed by atoms with Crippen LogP contribution in [0, 0.1) is 11.7 Å². The Kier molecular flexibility index (Phi) is 5.02. The predicted molar refractivity (Wildman–Crippen MR) is 69.6 cm³/mol. The van der Waals surface area contributed by atoms with E-state index in [9.17, 15) is 17.6 Å². The maximum absolute atomic E-state index is 13.5. The lowest BCUT2D eigenvalue weighted by Gasteiger charge is -2.08. The Morgan fingerprint density at radius 3 is 2.58 bits per heavy atom. The van der Waals surface area contributed by atoms with Crippen LogP contribution in [-0.2, 0) is 10.0 Å². The van der Waals surface area contributed by atoms with Gasteiger partial charge in [0.05, 0.1) is 10.5 Å². The van der Waals surface area contributed by atoms with Gasteiger partial charge in [-0.15, -0.1) is 0 Å². The second kappa shape index (κ2) is 6.12. The number of hydrogen-bond acceptors (Lipinski definition) is 3. The molecule has 7 heteroatoms. The first-order chi connectivity index (χ1) is 8.71. The van der Waals surface area contributed by atoms with E-state index in [4.69, 9.17) is 5.14 Å². The zero-order valence-electron chi connectivity index (χ0n) is 10.8. The first-order valence-electron chi connectivity index (χ1n) is 5.82. The van der Waals surface area contributed by atoms with Crippen LogP contribution in [0.4, 0.5) is 4.39 Å². The third-order valence-corrected chi connectivity index (χ3v) is 3.43. The number of halogens is 1. The summed E-state index contributed by atoms with van der Waals surface area (Å²) in [5.74, 6) is -1.03. The van der Waals surface area contributed by atoms with Crippen molar-refractivity contribution in [3.63, 3.8) is 0 Å². The topological polar surface area (TPSA) is 89.3 Å². The summed E-state index contributed by atoms with van der Waals surface area (Å²) in [5.41, 5.74) is -0.324. The average Bonchev–Trinajstić information content (AvgIpc) is 2.27. The van der Waals surface area contributed by atoms with Crippen molar-refractivity contribution < 1.29 is 17.6 Å². The van der Waals surface area contributed by atoms with Crippen LogP contribution in [0.25, 0.3) is 0 Å². The van der Waals surface area contributed by atoms with Crippen LogP contribution < -0.4 is 10.5 Å². The maximum atomic E-state index is 13.5. The van der Waals surface area contributed by atoms with E-state index in [2.05, 4.69) is 5.32 Å². The number of sulfonamides is 1. The molecule has 0 fully saturated rings. The standard InChI is InChI=1S/C12H17FN2O3S/c1-8(2)5-6-15-12(16)10-7-9(19(14,17)18)3-4-11(10)13/h3-4,7-8H,5-6H2,1-2H3,(H,15,16)(H2,14,17,18). The molecule has 0 saturated carbocycles. The Labute approximate surface area is 112 Å². The monoisotopic (exact) mass is 288 g/mol. The van der Waals surface area contributed by atoms with Gasteiger partial charge in [0, 0.05) is 6.54 Å². The molecule has 0 aromatic heterocycles. The maximum Gasteiger partial charge on any atom is 0.254 e.